The van der Waals surface area contributed by atoms with E-state index in [0.717, 1.165) is 5.56 Å². The zero-order valence-electron chi connectivity index (χ0n) is 7.27. The van der Waals surface area contributed by atoms with Crippen molar-refractivity contribution in [3.8, 4) is 11.3 Å². The van der Waals surface area contributed by atoms with Gasteiger partial charge in [-0.3, -0.25) is 14.9 Å². The van der Waals surface area contributed by atoms with Gasteiger partial charge in [-0.15, -0.1) is 0 Å². The average Bonchev–Trinajstić information content (AvgIpc) is 2.68. The van der Waals surface area contributed by atoms with Gasteiger partial charge in [-0.2, -0.15) is 5.10 Å². The number of aromatic nitrogens is 3. The van der Waals surface area contributed by atoms with E-state index in [1.165, 1.54) is 0 Å². The van der Waals surface area contributed by atoms with Gasteiger partial charge in [0.25, 0.3) is 5.91 Å². The van der Waals surface area contributed by atoms with E-state index in [1.807, 2.05) is 0 Å². The van der Waals surface area contributed by atoms with Crippen molar-refractivity contribution in [3.63, 3.8) is 0 Å². The van der Waals surface area contributed by atoms with Crippen LogP contribution in [-0.2, 0) is 0 Å². The maximum absolute atomic E-state index is 10.8. The summed E-state index contributed by atoms with van der Waals surface area (Å²) in [6.45, 7) is 0. The minimum Gasteiger partial charge on any atom is -0.364 e. The number of hydrogen-bond acceptors (Lipinski definition) is 3. The Hall–Kier alpha value is -2.17. The van der Waals surface area contributed by atoms with Crippen LogP contribution in [0.5, 0.6) is 0 Å². The number of H-pyrrole nitrogens is 1. The summed E-state index contributed by atoms with van der Waals surface area (Å²) in [6.07, 6.45) is 3.32. The summed E-state index contributed by atoms with van der Waals surface area (Å²) < 4.78 is 0. The second-order valence-electron chi connectivity index (χ2n) is 2.77. The number of amides is 1. The van der Waals surface area contributed by atoms with E-state index < -0.39 is 5.91 Å². The molecule has 0 aromatic carbocycles. The summed E-state index contributed by atoms with van der Waals surface area (Å²) in [7, 11) is 0. The molecule has 2 heterocycles. The molecule has 3 N–H and O–H groups in total. The highest BCUT2D eigenvalue weighted by Crippen LogP contribution is 2.15. The molecule has 70 valence electrons. The number of pyridine rings is 1. The molecule has 0 aliphatic rings. The fraction of sp³-hybridized carbons (Fsp3) is 0. The molecular weight excluding hydrogens is 180 g/mol. The molecule has 0 bridgehead atoms. The molecule has 5 heteroatoms. The molecule has 0 radical (unpaired) electrons. The van der Waals surface area contributed by atoms with E-state index in [0.29, 0.717) is 11.4 Å². The Balaban J connectivity index is 2.39. The van der Waals surface area contributed by atoms with Gasteiger partial charge < -0.3 is 5.73 Å². The lowest BCUT2D eigenvalue weighted by atomic mass is 10.2. The van der Waals surface area contributed by atoms with Gasteiger partial charge in [-0.25, -0.2) is 0 Å². The highest BCUT2D eigenvalue weighted by Gasteiger charge is 2.06. The number of nitrogens with zero attached hydrogens (tertiary/aromatic N) is 2. The molecule has 0 aliphatic heterocycles. The van der Waals surface area contributed by atoms with Crippen molar-refractivity contribution in [2.24, 2.45) is 5.73 Å². The molecule has 2 aromatic heterocycles. The van der Waals surface area contributed by atoms with Crippen molar-refractivity contribution in [3.05, 3.63) is 36.3 Å². The average molecular weight is 188 g/mol. The SMILES string of the molecule is NC(=O)c1cc(-c2ccncc2)n[nH]1. The molecule has 1 amide bonds. The maximum atomic E-state index is 10.8. The fourth-order valence-corrected chi connectivity index (χ4v) is 1.12. The standard InChI is InChI=1S/C9H8N4O/c10-9(14)8-5-7(12-13-8)6-1-3-11-4-2-6/h1-5H,(H2,10,14)(H,12,13). The van der Waals surface area contributed by atoms with Crippen LogP contribution in [-0.4, -0.2) is 21.1 Å². The van der Waals surface area contributed by atoms with Gasteiger partial charge in [-0.1, -0.05) is 0 Å². The summed E-state index contributed by atoms with van der Waals surface area (Å²) >= 11 is 0. The maximum Gasteiger partial charge on any atom is 0.266 e. The Morgan fingerprint density at radius 2 is 2.07 bits per heavy atom. The van der Waals surface area contributed by atoms with Gasteiger partial charge in [0.15, 0.2) is 0 Å². The van der Waals surface area contributed by atoms with Crippen LogP contribution in [0.2, 0.25) is 0 Å². The van der Waals surface area contributed by atoms with E-state index in [4.69, 9.17) is 5.73 Å². The van der Waals surface area contributed by atoms with Crippen molar-refractivity contribution in [1.29, 1.82) is 0 Å². The largest absolute Gasteiger partial charge is 0.364 e. The molecule has 2 aromatic rings. The van der Waals surface area contributed by atoms with E-state index >= 15 is 0 Å². The number of nitrogens with two attached hydrogens (primary N) is 1. The lowest BCUT2D eigenvalue weighted by molar-refractivity contribution is 0.0995. The van der Waals surface area contributed by atoms with Crippen LogP contribution in [0.15, 0.2) is 30.6 Å². The second-order valence-corrected chi connectivity index (χ2v) is 2.77. The second kappa shape index (κ2) is 3.29. The van der Waals surface area contributed by atoms with Crippen molar-refractivity contribution in [2.75, 3.05) is 0 Å². The summed E-state index contributed by atoms with van der Waals surface area (Å²) in [5.74, 6) is -0.516. The number of rotatable bonds is 2. The topological polar surface area (TPSA) is 84.7 Å². The Morgan fingerprint density at radius 1 is 1.36 bits per heavy atom. The Morgan fingerprint density at radius 3 is 2.64 bits per heavy atom. The molecule has 0 aliphatic carbocycles. The smallest absolute Gasteiger partial charge is 0.266 e. The van der Waals surface area contributed by atoms with Gasteiger partial charge in [0, 0.05) is 18.0 Å². The highest BCUT2D eigenvalue weighted by atomic mass is 16.1. The molecule has 5 nitrogen and oxygen atoms in total. The minimum atomic E-state index is -0.516. The Kier molecular flexibility index (Phi) is 1.98. The van der Waals surface area contributed by atoms with Crippen LogP contribution in [0.25, 0.3) is 11.3 Å². The fourth-order valence-electron chi connectivity index (χ4n) is 1.12. The van der Waals surface area contributed by atoms with Crippen molar-refractivity contribution in [2.45, 2.75) is 0 Å². The van der Waals surface area contributed by atoms with Crippen LogP contribution in [0, 0.1) is 0 Å². The van der Waals surface area contributed by atoms with Gasteiger partial charge in [0.1, 0.15) is 5.69 Å². The number of carbonyl (C=O) groups is 1. The molecule has 0 fully saturated rings. The molecule has 0 spiro atoms. The van der Waals surface area contributed by atoms with Crippen molar-refractivity contribution in [1.82, 2.24) is 15.2 Å². The van der Waals surface area contributed by atoms with E-state index in [9.17, 15) is 4.79 Å². The predicted octanol–water partition coefficient (Wildman–Crippen LogP) is 0.571. The first-order valence-electron chi connectivity index (χ1n) is 4.03. The molecule has 0 atom stereocenters. The molecule has 2 rings (SSSR count). The third-order valence-electron chi connectivity index (χ3n) is 1.82. The lowest BCUT2D eigenvalue weighted by Gasteiger charge is -1.91. The molecule has 0 saturated carbocycles. The Labute approximate surface area is 80.0 Å². The lowest BCUT2D eigenvalue weighted by Crippen LogP contribution is -2.10. The third-order valence-corrected chi connectivity index (χ3v) is 1.82. The summed E-state index contributed by atoms with van der Waals surface area (Å²) in [5.41, 5.74) is 6.96. The van der Waals surface area contributed by atoms with Gasteiger partial charge in [0.05, 0.1) is 5.69 Å². The first-order valence-corrected chi connectivity index (χ1v) is 4.03. The third kappa shape index (κ3) is 1.47. The van der Waals surface area contributed by atoms with E-state index in [1.54, 1.807) is 30.6 Å². The zero-order valence-corrected chi connectivity index (χ0v) is 7.27. The first-order chi connectivity index (χ1) is 6.77. The molecule has 0 unspecified atom stereocenters. The summed E-state index contributed by atoms with van der Waals surface area (Å²) in [4.78, 5) is 14.7. The number of primary amides is 1. The van der Waals surface area contributed by atoms with Crippen LogP contribution in [0.4, 0.5) is 0 Å². The quantitative estimate of drug-likeness (QED) is 0.722. The first kappa shape index (κ1) is 8.43. The number of aromatic amines is 1. The number of nitrogens with one attached hydrogen (secondary N) is 1. The van der Waals surface area contributed by atoms with Crippen LogP contribution in [0.3, 0.4) is 0 Å². The van der Waals surface area contributed by atoms with Gasteiger partial charge in [-0.05, 0) is 18.2 Å². The number of carbonyl (C=O) groups excluding carboxylic acids is 1. The van der Waals surface area contributed by atoms with Gasteiger partial charge in [0.2, 0.25) is 0 Å². The molecule has 0 saturated heterocycles. The normalized spacial score (nSPS) is 10.0. The highest BCUT2D eigenvalue weighted by molar-refractivity contribution is 5.91. The van der Waals surface area contributed by atoms with Crippen molar-refractivity contribution >= 4 is 5.91 Å². The van der Waals surface area contributed by atoms with Gasteiger partial charge >= 0.3 is 0 Å². The van der Waals surface area contributed by atoms with Crippen molar-refractivity contribution < 1.29 is 4.79 Å². The zero-order chi connectivity index (χ0) is 9.97. The molecule has 14 heavy (non-hydrogen) atoms. The number of hydrogen-bond donors (Lipinski definition) is 2. The van der Waals surface area contributed by atoms with E-state index in [2.05, 4.69) is 15.2 Å². The van der Waals surface area contributed by atoms with Crippen LogP contribution < -0.4 is 5.73 Å². The summed E-state index contributed by atoms with van der Waals surface area (Å²) in [6, 6.07) is 5.22. The molecular formula is C9H8N4O. The van der Waals surface area contributed by atoms with Crippen LogP contribution in [0.1, 0.15) is 10.5 Å². The van der Waals surface area contributed by atoms with E-state index in [-0.39, 0.29) is 0 Å². The summed E-state index contributed by atoms with van der Waals surface area (Å²) in [5, 5.41) is 6.51. The van der Waals surface area contributed by atoms with Crippen LogP contribution >= 0.6 is 0 Å². The Bertz CT molecular complexity index is 449. The minimum absolute atomic E-state index is 0.303. The monoisotopic (exact) mass is 188 g/mol. The predicted molar refractivity (Wildman–Crippen MR) is 50.3 cm³/mol.